The third-order valence-corrected chi connectivity index (χ3v) is 5.87. The van der Waals surface area contributed by atoms with E-state index in [-0.39, 0.29) is 0 Å². The first-order valence-electron chi connectivity index (χ1n) is 8.72. The van der Waals surface area contributed by atoms with Crippen LogP contribution in [0.5, 0.6) is 0 Å². The first-order valence-corrected chi connectivity index (χ1v) is 8.72. The summed E-state index contributed by atoms with van der Waals surface area (Å²) in [5, 5.41) is 0. The van der Waals surface area contributed by atoms with Crippen LogP contribution in [-0.4, -0.2) is 0 Å². The molecule has 4 aliphatic carbocycles. The average Bonchev–Trinajstić information content (AvgIpc) is 3.09. The highest BCUT2D eigenvalue weighted by atomic mass is 14.3. The smallest absolute Gasteiger partial charge is 0.00142 e. The van der Waals surface area contributed by atoms with Gasteiger partial charge in [0.2, 0.25) is 0 Å². The van der Waals surface area contributed by atoms with Crippen LogP contribution in [0, 0.1) is 11.8 Å². The van der Waals surface area contributed by atoms with Crippen molar-refractivity contribution in [3.05, 3.63) is 46.6 Å². The lowest BCUT2D eigenvalue weighted by atomic mass is 9.83. The van der Waals surface area contributed by atoms with E-state index >= 15 is 0 Å². The minimum Gasteiger partial charge on any atom is -0.0771 e. The number of allylic oxidation sites excluding steroid dienone is 8. The zero-order chi connectivity index (χ0) is 13.4. The molecule has 2 fully saturated rings. The summed E-state index contributed by atoms with van der Waals surface area (Å²) in [5.41, 5.74) is 6.97. The van der Waals surface area contributed by atoms with Crippen molar-refractivity contribution in [3.63, 3.8) is 0 Å². The Morgan fingerprint density at radius 3 is 1.70 bits per heavy atom. The van der Waals surface area contributed by atoms with Gasteiger partial charge in [0, 0.05) is 0 Å². The van der Waals surface area contributed by atoms with Gasteiger partial charge in [0.15, 0.2) is 0 Å². The topological polar surface area (TPSA) is 0 Å². The maximum absolute atomic E-state index is 2.48. The van der Waals surface area contributed by atoms with Gasteiger partial charge in [-0.25, -0.2) is 0 Å². The predicted molar refractivity (Wildman–Crippen MR) is 85.5 cm³/mol. The van der Waals surface area contributed by atoms with Gasteiger partial charge in [-0.1, -0.05) is 48.3 Å². The van der Waals surface area contributed by atoms with Crippen molar-refractivity contribution in [2.24, 2.45) is 11.8 Å². The Morgan fingerprint density at radius 2 is 1.20 bits per heavy atom. The molecule has 0 saturated heterocycles. The lowest BCUT2D eigenvalue weighted by molar-refractivity contribution is 0.519. The largest absolute Gasteiger partial charge is 0.0771 e. The van der Waals surface area contributed by atoms with Gasteiger partial charge in [0.1, 0.15) is 0 Å². The molecule has 0 heteroatoms. The molecule has 0 heterocycles. The van der Waals surface area contributed by atoms with Crippen molar-refractivity contribution >= 4 is 0 Å². The third kappa shape index (κ3) is 2.24. The highest BCUT2D eigenvalue weighted by molar-refractivity contribution is 5.41. The molecule has 4 aliphatic rings. The summed E-state index contributed by atoms with van der Waals surface area (Å²) in [5.74, 6) is 1.64. The Bertz CT molecular complexity index is 464. The maximum atomic E-state index is 2.48. The van der Waals surface area contributed by atoms with Gasteiger partial charge >= 0.3 is 0 Å². The third-order valence-electron chi connectivity index (χ3n) is 5.87. The molecule has 2 atom stereocenters. The molecule has 0 aliphatic heterocycles. The second kappa shape index (κ2) is 5.39. The summed E-state index contributed by atoms with van der Waals surface area (Å²) in [4.78, 5) is 0. The molecule has 2 unspecified atom stereocenters. The molecule has 0 aromatic heterocycles. The molecule has 0 nitrogen and oxygen atoms in total. The number of fused-ring (bicyclic) bond motifs is 2. The first kappa shape index (κ1) is 12.7. The van der Waals surface area contributed by atoms with Crippen LogP contribution in [0.3, 0.4) is 0 Å². The van der Waals surface area contributed by atoms with Crippen molar-refractivity contribution in [2.75, 3.05) is 0 Å². The Hall–Kier alpha value is -1.04. The van der Waals surface area contributed by atoms with E-state index in [1.807, 2.05) is 0 Å². The van der Waals surface area contributed by atoms with Crippen molar-refractivity contribution in [1.29, 1.82) is 0 Å². The lowest BCUT2D eigenvalue weighted by Gasteiger charge is -2.22. The van der Waals surface area contributed by atoms with Crippen molar-refractivity contribution < 1.29 is 0 Å². The molecule has 0 aromatic carbocycles. The van der Waals surface area contributed by atoms with E-state index in [9.17, 15) is 0 Å². The van der Waals surface area contributed by atoms with E-state index in [0.717, 1.165) is 11.8 Å². The summed E-state index contributed by atoms with van der Waals surface area (Å²) >= 11 is 0. The zero-order valence-corrected chi connectivity index (χ0v) is 12.5. The molecule has 0 N–H and O–H groups in total. The van der Waals surface area contributed by atoms with Crippen LogP contribution in [0.2, 0.25) is 0 Å². The van der Waals surface area contributed by atoms with E-state index in [4.69, 9.17) is 0 Å². The van der Waals surface area contributed by atoms with E-state index < -0.39 is 0 Å². The monoisotopic (exact) mass is 266 g/mol. The van der Waals surface area contributed by atoms with Crippen LogP contribution < -0.4 is 0 Å². The predicted octanol–water partition coefficient (Wildman–Crippen LogP) is 5.88. The second-order valence-electron chi connectivity index (χ2n) is 7.02. The Kier molecular flexibility index (Phi) is 3.42. The van der Waals surface area contributed by atoms with E-state index in [0.29, 0.717) is 0 Å². The normalized spacial score (nSPS) is 32.0. The molecule has 0 bridgehead atoms. The molecule has 0 radical (unpaired) electrons. The minimum absolute atomic E-state index is 0.818. The Balaban J connectivity index is 1.46. The number of hydrogen-bond acceptors (Lipinski definition) is 0. The molecule has 4 rings (SSSR count). The van der Waals surface area contributed by atoms with E-state index in [1.54, 1.807) is 22.3 Å². The minimum atomic E-state index is 0.818. The van der Waals surface area contributed by atoms with Gasteiger partial charge in [-0.05, 0) is 74.3 Å². The van der Waals surface area contributed by atoms with Gasteiger partial charge in [-0.15, -0.1) is 0 Å². The van der Waals surface area contributed by atoms with Gasteiger partial charge in [0.25, 0.3) is 0 Å². The van der Waals surface area contributed by atoms with Gasteiger partial charge < -0.3 is 0 Å². The molecule has 106 valence electrons. The summed E-state index contributed by atoms with van der Waals surface area (Å²) in [6, 6.07) is 0. The average molecular weight is 266 g/mol. The SMILES string of the molecule is C1=CC2CCCCC2=C1CCC1=C2CCCCC2C=C1. The number of hydrogen-bond donors (Lipinski definition) is 0. The summed E-state index contributed by atoms with van der Waals surface area (Å²) in [6.07, 6.45) is 23.7. The van der Waals surface area contributed by atoms with E-state index in [1.165, 1.54) is 64.2 Å². The molecule has 2 saturated carbocycles. The molecule has 0 aromatic rings. The fourth-order valence-corrected chi connectivity index (χ4v) is 4.74. The quantitative estimate of drug-likeness (QED) is 0.598. The number of rotatable bonds is 3. The molecular weight excluding hydrogens is 240 g/mol. The molecular formula is C20H26. The summed E-state index contributed by atoms with van der Waals surface area (Å²) in [6.45, 7) is 0. The van der Waals surface area contributed by atoms with Crippen LogP contribution in [0.1, 0.15) is 64.2 Å². The van der Waals surface area contributed by atoms with Gasteiger partial charge in [-0.3, -0.25) is 0 Å². The standard InChI is InChI=1S/C20H26/c1-3-7-19-15(5-1)9-11-17(19)13-14-18-12-10-16-6-2-4-8-20(16)18/h9-12,15-16H,1-8,13-14H2. The highest BCUT2D eigenvalue weighted by Crippen LogP contribution is 2.42. The fourth-order valence-electron chi connectivity index (χ4n) is 4.74. The fraction of sp³-hybridized carbons (Fsp3) is 0.600. The second-order valence-corrected chi connectivity index (χ2v) is 7.02. The van der Waals surface area contributed by atoms with Crippen molar-refractivity contribution in [1.82, 2.24) is 0 Å². The zero-order valence-electron chi connectivity index (χ0n) is 12.5. The van der Waals surface area contributed by atoms with Crippen LogP contribution in [-0.2, 0) is 0 Å². The van der Waals surface area contributed by atoms with Crippen molar-refractivity contribution in [3.8, 4) is 0 Å². The molecule has 0 amide bonds. The lowest BCUT2D eigenvalue weighted by Crippen LogP contribution is -2.06. The van der Waals surface area contributed by atoms with Crippen LogP contribution in [0.25, 0.3) is 0 Å². The van der Waals surface area contributed by atoms with Crippen molar-refractivity contribution in [2.45, 2.75) is 64.2 Å². The summed E-state index contributed by atoms with van der Waals surface area (Å²) in [7, 11) is 0. The van der Waals surface area contributed by atoms with E-state index in [2.05, 4.69) is 24.3 Å². The Morgan fingerprint density at radius 1 is 0.700 bits per heavy atom. The highest BCUT2D eigenvalue weighted by Gasteiger charge is 2.25. The van der Waals surface area contributed by atoms with Gasteiger partial charge in [-0.2, -0.15) is 0 Å². The van der Waals surface area contributed by atoms with Gasteiger partial charge in [0.05, 0.1) is 0 Å². The van der Waals surface area contributed by atoms with Crippen LogP contribution in [0.4, 0.5) is 0 Å². The summed E-state index contributed by atoms with van der Waals surface area (Å²) < 4.78 is 0. The first-order chi connectivity index (χ1) is 9.92. The maximum Gasteiger partial charge on any atom is -0.00142 e. The van der Waals surface area contributed by atoms with Crippen LogP contribution in [0.15, 0.2) is 46.6 Å². The Labute approximate surface area is 123 Å². The molecule has 20 heavy (non-hydrogen) atoms. The van der Waals surface area contributed by atoms with Crippen LogP contribution >= 0.6 is 0 Å². The molecule has 0 spiro atoms.